The lowest BCUT2D eigenvalue weighted by Crippen LogP contribution is -2.41. The Labute approximate surface area is 269 Å². The van der Waals surface area contributed by atoms with E-state index < -0.39 is 0 Å². The molecule has 0 radical (unpaired) electrons. The average molecular weight is 595 g/mol. The van der Waals surface area contributed by atoms with Gasteiger partial charge in [0.2, 0.25) is 0 Å². The zero-order valence-electron chi connectivity index (χ0n) is 30.9. The van der Waals surface area contributed by atoms with E-state index in [1.165, 1.54) is 228 Å². The molecule has 0 unspecified atom stereocenters. The predicted octanol–water partition coefficient (Wildman–Crippen LogP) is 12.9. The Hall–Kier alpha value is -0.0800. The van der Waals surface area contributed by atoms with Gasteiger partial charge in [0.1, 0.15) is 0 Å². The highest BCUT2D eigenvalue weighted by Crippen LogP contribution is 2.16. The summed E-state index contributed by atoms with van der Waals surface area (Å²) in [7, 11) is 9.87. The van der Waals surface area contributed by atoms with Crippen LogP contribution in [0.1, 0.15) is 206 Å². The summed E-state index contributed by atoms with van der Waals surface area (Å²) in [5.74, 6) is 0. The maximum Gasteiger partial charge on any atom is 0.0782 e. The van der Waals surface area contributed by atoms with E-state index in [1.807, 2.05) is 0 Å². The molecule has 0 atom stereocenters. The summed E-state index contributed by atoms with van der Waals surface area (Å²) in [6.45, 7) is 10.1. The molecule has 0 aliphatic carbocycles. The van der Waals surface area contributed by atoms with E-state index in [-0.39, 0.29) is 0 Å². The molecule has 0 saturated heterocycles. The van der Waals surface area contributed by atoms with Crippen molar-refractivity contribution in [2.24, 2.45) is 0 Å². The van der Waals surface area contributed by atoms with Crippen molar-refractivity contribution in [3.05, 3.63) is 0 Å². The molecule has 0 heterocycles. The van der Waals surface area contributed by atoms with Gasteiger partial charge in [-0.1, -0.05) is 155 Å². The normalized spacial score (nSPS) is 12.4. The summed E-state index contributed by atoms with van der Waals surface area (Å²) >= 11 is 0. The Balaban J connectivity index is 3.47. The van der Waals surface area contributed by atoms with Gasteiger partial charge in [0.25, 0.3) is 0 Å². The molecule has 0 spiro atoms. The van der Waals surface area contributed by atoms with Crippen molar-refractivity contribution in [3.8, 4) is 0 Å². The van der Waals surface area contributed by atoms with Crippen molar-refractivity contribution in [2.75, 3.05) is 54.4 Å². The SMILES string of the molecule is CCCCCCCCCCCCCC[N+](C)(C)CCCCCCCC[N+](C)(C)CCCCCCCCCCCCCC. The van der Waals surface area contributed by atoms with Gasteiger partial charge in [-0.15, -0.1) is 0 Å². The fourth-order valence-electron chi connectivity index (χ4n) is 6.77. The molecule has 0 aromatic carbocycles. The van der Waals surface area contributed by atoms with E-state index in [2.05, 4.69) is 42.0 Å². The van der Waals surface area contributed by atoms with Crippen LogP contribution in [-0.4, -0.2) is 63.3 Å². The zero-order valence-corrected chi connectivity index (χ0v) is 30.9. The van der Waals surface area contributed by atoms with E-state index in [0.717, 1.165) is 0 Å². The van der Waals surface area contributed by atoms with Crippen LogP contribution in [0.15, 0.2) is 0 Å². The molecule has 0 aromatic heterocycles. The number of unbranched alkanes of at least 4 members (excludes halogenated alkanes) is 27. The Morgan fingerprint density at radius 2 is 0.357 bits per heavy atom. The summed E-state index contributed by atoms with van der Waals surface area (Å²) in [5, 5.41) is 0. The molecule has 0 amide bonds. The molecule has 0 aliphatic rings. The maximum absolute atomic E-state index is 2.47. The van der Waals surface area contributed by atoms with Crippen LogP contribution in [0, 0.1) is 0 Å². The third-order valence-corrected chi connectivity index (χ3v) is 10.0. The van der Waals surface area contributed by atoms with Gasteiger partial charge in [-0.05, 0) is 51.4 Å². The molecule has 0 fully saturated rings. The van der Waals surface area contributed by atoms with Gasteiger partial charge in [0.05, 0.1) is 54.4 Å². The fourth-order valence-corrected chi connectivity index (χ4v) is 6.77. The van der Waals surface area contributed by atoms with Crippen LogP contribution in [-0.2, 0) is 0 Å². The first-order valence-corrected chi connectivity index (χ1v) is 20.0. The van der Waals surface area contributed by atoms with Crippen LogP contribution in [0.4, 0.5) is 0 Å². The van der Waals surface area contributed by atoms with Crippen molar-refractivity contribution in [3.63, 3.8) is 0 Å². The topological polar surface area (TPSA) is 0 Å². The number of rotatable bonds is 35. The molecule has 42 heavy (non-hydrogen) atoms. The van der Waals surface area contributed by atoms with E-state index in [9.17, 15) is 0 Å². The highest BCUT2D eigenvalue weighted by atomic mass is 15.3. The molecule has 0 aromatic rings. The first-order chi connectivity index (χ1) is 20.3. The van der Waals surface area contributed by atoms with Crippen molar-refractivity contribution >= 4 is 0 Å². The van der Waals surface area contributed by atoms with E-state index in [4.69, 9.17) is 0 Å². The highest BCUT2D eigenvalue weighted by molar-refractivity contribution is 4.52. The first kappa shape index (κ1) is 41.9. The van der Waals surface area contributed by atoms with Crippen LogP contribution in [0.25, 0.3) is 0 Å². The highest BCUT2D eigenvalue weighted by Gasteiger charge is 2.15. The lowest BCUT2D eigenvalue weighted by atomic mass is 10.0. The van der Waals surface area contributed by atoms with Crippen molar-refractivity contribution in [1.29, 1.82) is 0 Å². The summed E-state index contributed by atoms with van der Waals surface area (Å²) in [5.41, 5.74) is 0. The molecule has 0 N–H and O–H groups in total. The standard InChI is InChI=1S/C40H86N2/c1-7-9-11-13-15-17-19-21-23-25-29-33-37-41(3,4)39-35-31-27-28-32-36-40-42(5,6)38-34-30-26-24-22-20-18-16-14-12-10-8-2/h7-40H2,1-6H3/q+2. The minimum Gasteiger partial charge on any atom is -0.328 e. The quantitative estimate of drug-likeness (QED) is 0.0505. The molecule has 0 saturated carbocycles. The Morgan fingerprint density at radius 1 is 0.214 bits per heavy atom. The van der Waals surface area contributed by atoms with Gasteiger partial charge in [0, 0.05) is 0 Å². The zero-order chi connectivity index (χ0) is 31.0. The minimum atomic E-state index is 1.24. The summed E-state index contributed by atoms with van der Waals surface area (Å²) in [4.78, 5) is 0. The van der Waals surface area contributed by atoms with Crippen LogP contribution >= 0.6 is 0 Å². The minimum absolute atomic E-state index is 1.24. The van der Waals surface area contributed by atoms with Gasteiger partial charge in [-0.3, -0.25) is 0 Å². The smallest absolute Gasteiger partial charge is 0.0782 e. The first-order valence-electron chi connectivity index (χ1n) is 20.0. The fraction of sp³-hybridized carbons (Fsp3) is 1.00. The molecule has 0 bridgehead atoms. The Morgan fingerprint density at radius 3 is 0.524 bits per heavy atom. The summed E-state index contributed by atoms with van der Waals surface area (Å²) in [6, 6.07) is 0. The second kappa shape index (κ2) is 30.9. The molecule has 254 valence electrons. The Bertz CT molecular complexity index is 466. The molecule has 2 nitrogen and oxygen atoms in total. The van der Waals surface area contributed by atoms with Gasteiger partial charge in [-0.25, -0.2) is 0 Å². The second-order valence-corrected chi connectivity index (χ2v) is 15.7. The van der Waals surface area contributed by atoms with Gasteiger partial charge in [0.15, 0.2) is 0 Å². The lowest BCUT2D eigenvalue weighted by Gasteiger charge is -2.30. The number of hydrogen-bond donors (Lipinski definition) is 0. The maximum atomic E-state index is 2.47. The largest absolute Gasteiger partial charge is 0.328 e. The third-order valence-electron chi connectivity index (χ3n) is 10.0. The summed E-state index contributed by atoms with van der Waals surface area (Å²) < 4.78 is 2.48. The molecular weight excluding hydrogens is 508 g/mol. The van der Waals surface area contributed by atoms with Crippen molar-refractivity contribution in [1.82, 2.24) is 0 Å². The van der Waals surface area contributed by atoms with E-state index >= 15 is 0 Å². The second-order valence-electron chi connectivity index (χ2n) is 15.7. The lowest BCUT2D eigenvalue weighted by molar-refractivity contribution is -0.890. The molecule has 0 rings (SSSR count). The molecule has 0 aliphatic heterocycles. The van der Waals surface area contributed by atoms with Gasteiger partial charge >= 0.3 is 0 Å². The predicted molar refractivity (Wildman–Crippen MR) is 194 cm³/mol. The summed E-state index contributed by atoms with van der Waals surface area (Å²) in [6.07, 6.45) is 43.5. The van der Waals surface area contributed by atoms with E-state index in [0.29, 0.717) is 0 Å². The number of quaternary nitrogens is 2. The Kier molecular flexibility index (Phi) is 30.9. The number of hydrogen-bond acceptors (Lipinski definition) is 0. The van der Waals surface area contributed by atoms with Crippen LogP contribution in [0.3, 0.4) is 0 Å². The van der Waals surface area contributed by atoms with Crippen molar-refractivity contribution in [2.45, 2.75) is 206 Å². The molecular formula is C40H86N2+2. The van der Waals surface area contributed by atoms with Gasteiger partial charge in [-0.2, -0.15) is 0 Å². The van der Waals surface area contributed by atoms with Gasteiger partial charge < -0.3 is 8.97 Å². The monoisotopic (exact) mass is 595 g/mol. The van der Waals surface area contributed by atoms with Crippen LogP contribution in [0.5, 0.6) is 0 Å². The van der Waals surface area contributed by atoms with Crippen LogP contribution in [0.2, 0.25) is 0 Å². The third kappa shape index (κ3) is 32.8. The van der Waals surface area contributed by atoms with Crippen LogP contribution < -0.4 is 0 Å². The van der Waals surface area contributed by atoms with Crippen molar-refractivity contribution < 1.29 is 8.97 Å². The number of nitrogens with zero attached hydrogens (tertiary/aromatic N) is 2. The van der Waals surface area contributed by atoms with E-state index in [1.54, 1.807) is 0 Å². The molecule has 2 heteroatoms. The average Bonchev–Trinajstić information content (AvgIpc) is 2.95.